The van der Waals surface area contributed by atoms with Crippen LogP contribution in [0.25, 0.3) is 0 Å². The quantitative estimate of drug-likeness (QED) is 0.432. The number of hydrogen-bond donors (Lipinski definition) is 0. The summed E-state index contributed by atoms with van der Waals surface area (Å²) in [5.41, 5.74) is 1.72. The Labute approximate surface area is 176 Å². The molecule has 0 aliphatic carbocycles. The number of rotatable bonds is 2. The molecule has 7 heteroatoms. The second-order valence-electron chi connectivity index (χ2n) is 5.79. The normalized spacial score (nSPS) is 9.80. The fourth-order valence-corrected chi connectivity index (χ4v) is 1.54. The van der Waals surface area contributed by atoms with Gasteiger partial charge in [0.2, 0.25) is 0 Å². The SMILES string of the molecule is C=O.CCC.CCC(F)(F)F.CCc1ccccc1.FC(F)(F)Cc1ccccc1. The lowest BCUT2D eigenvalue weighted by atomic mass is 10.1. The molecule has 0 atom stereocenters. The van der Waals surface area contributed by atoms with Crippen molar-refractivity contribution in [2.45, 2.75) is 65.7 Å². The molecule has 0 radical (unpaired) electrons. The van der Waals surface area contributed by atoms with Crippen molar-refractivity contribution in [2.24, 2.45) is 0 Å². The Balaban J connectivity index is -0.000000340. The molecule has 0 aromatic heterocycles. The second kappa shape index (κ2) is 20.0. The Morgan fingerprint density at radius 3 is 1.13 bits per heavy atom. The molecule has 0 aliphatic rings. The molecule has 172 valence electrons. The number of carbonyl (C=O) groups excluding carboxylic acids is 1. The van der Waals surface area contributed by atoms with Gasteiger partial charge in [0.25, 0.3) is 0 Å². The maximum absolute atomic E-state index is 11.7. The van der Waals surface area contributed by atoms with Crippen molar-refractivity contribution in [1.29, 1.82) is 0 Å². The zero-order chi connectivity index (χ0) is 24.1. The van der Waals surface area contributed by atoms with Crippen LogP contribution in [0.15, 0.2) is 60.7 Å². The van der Waals surface area contributed by atoms with Gasteiger partial charge >= 0.3 is 12.4 Å². The van der Waals surface area contributed by atoms with Gasteiger partial charge in [0.05, 0.1) is 6.42 Å². The summed E-state index contributed by atoms with van der Waals surface area (Å²) < 4.78 is 67.6. The Kier molecular flexibility index (Phi) is 21.6. The summed E-state index contributed by atoms with van der Waals surface area (Å²) in [6, 6.07) is 18.3. The molecule has 0 saturated carbocycles. The van der Waals surface area contributed by atoms with Crippen molar-refractivity contribution in [3.05, 3.63) is 71.8 Å². The van der Waals surface area contributed by atoms with E-state index in [1.54, 1.807) is 18.2 Å². The van der Waals surface area contributed by atoms with E-state index in [4.69, 9.17) is 4.79 Å². The molecule has 0 fully saturated rings. The van der Waals surface area contributed by atoms with E-state index >= 15 is 0 Å². The van der Waals surface area contributed by atoms with Crippen LogP contribution in [0, 0.1) is 0 Å². The molecule has 2 aromatic rings. The Hall–Kier alpha value is -2.31. The number of hydrogen-bond acceptors (Lipinski definition) is 1. The standard InChI is InChI=1S/C8H7F3.C8H10.C3H5F3.C3H8.CH2O/c9-8(10,11)6-7-4-2-1-3-5-7;1-2-8-6-4-3-5-7-8;1-2-3(4,5)6;1-3-2;1-2/h1-5H,6H2;3-7H,2H2,1H3;2H2,1H3;3H2,1-2H3;1H2. The monoisotopic (exact) mass is 438 g/mol. The molecule has 2 aromatic carbocycles. The third-order valence-electron chi connectivity index (χ3n) is 2.90. The van der Waals surface area contributed by atoms with Gasteiger partial charge in [0.1, 0.15) is 6.79 Å². The summed E-state index contributed by atoms with van der Waals surface area (Å²) in [4.78, 5) is 8.00. The first kappa shape index (κ1) is 32.4. The number of carbonyl (C=O) groups is 1. The zero-order valence-corrected chi connectivity index (χ0v) is 18.0. The maximum atomic E-state index is 11.7. The van der Waals surface area contributed by atoms with Gasteiger partial charge in [-0.2, -0.15) is 26.3 Å². The predicted octanol–water partition coefficient (Wildman–Crippen LogP) is 8.23. The Morgan fingerprint density at radius 1 is 0.633 bits per heavy atom. The molecule has 30 heavy (non-hydrogen) atoms. The highest BCUT2D eigenvalue weighted by atomic mass is 19.4. The lowest BCUT2D eigenvalue weighted by Crippen LogP contribution is -2.11. The minimum Gasteiger partial charge on any atom is -0.307 e. The molecule has 0 saturated heterocycles. The molecule has 0 amide bonds. The van der Waals surface area contributed by atoms with Crippen molar-refractivity contribution in [2.75, 3.05) is 0 Å². The van der Waals surface area contributed by atoms with E-state index in [2.05, 4.69) is 45.0 Å². The van der Waals surface area contributed by atoms with Crippen LogP contribution in [0.5, 0.6) is 0 Å². The molecule has 1 nitrogen and oxygen atoms in total. The average molecular weight is 438 g/mol. The van der Waals surface area contributed by atoms with Crippen molar-refractivity contribution < 1.29 is 31.1 Å². The molecule has 0 N–H and O–H groups in total. The topological polar surface area (TPSA) is 17.1 Å². The molecule has 2 rings (SSSR count). The summed E-state index contributed by atoms with van der Waals surface area (Å²) in [6.07, 6.45) is -7.23. The van der Waals surface area contributed by atoms with Crippen LogP contribution in [0.3, 0.4) is 0 Å². The van der Waals surface area contributed by atoms with Gasteiger partial charge in [-0.1, -0.05) is 94.8 Å². The van der Waals surface area contributed by atoms with Gasteiger partial charge in [-0.15, -0.1) is 0 Å². The number of halogens is 6. The zero-order valence-electron chi connectivity index (χ0n) is 18.0. The molecule has 0 spiro atoms. The molecule has 0 bridgehead atoms. The van der Waals surface area contributed by atoms with Gasteiger partial charge in [-0.25, -0.2) is 0 Å². The number of benzene rings is 2. The van der Waals surface area contributed by atoms with Gasteiger partial charge in [-0.05, 0) is 17.5 Å². The highest BCUT2D eigenvalue weighted by Crippen LogP contribution is 2.20. The van der Waals surface area contributed by atoms with E-state index in [0.717, 1.165) is 13.3 Å². The van der Waals surface area contributed by atoms with Crippen LogP contribution in [-0.2, 0) is 17.6 Å². The minimum absolute atomic E-state index is 0.306. The lowest BCUT2D eigenvalue weighted by Gasteiger charge is -2.04. The predicted molar refractivity (Wildman–Crippen MR) is 111 cm³/mol. The van der Waals surface area contributed by atoms with Crippen molar-refractivity contribution >= 4 is 6.79 Å². The summed E-state index contributed by atoms with van der Waals surface area (Å²) in [5, 5.41) is 0. The third-order valence-corrected chi connectivity index (χ3v) is 2.90. The van der Waals surface area contributed by atoms with E-state index in [0.29, 0.717) is 5.56 Å². The van der Waals surface area contributed by atoms with E-state index in [1.165, 1.54) is 24.1 Å². The Morgan fingerprint density at radius 2 is 0.933 bits per heavy atom. The largest absolute Gasteiger partial charge is 0.393 e. The minimum atomic E-state index is -4.10. The second-order valence-corrected chi connectivity index (χ2v) is 5.79. The number of alkyl halides is 6. The summed E-state index contributed by atoms with van der Waals surface area (Å²) in [7, 11) is 0. The fourth-order valence-electron chi connectivity index (χ4n) is 1.54. The summed E-state index contributed by atoms with van der Waals surface area (Å²) in [5.74, 6) is 0. The maximum Gasteiger partial charge on any atom is 0.393 e. The Bertz CT molecular complexity index is 580. The van der Waals surface area contributed by atoms with Crippen LogP contribution >= 0.6 is 0 Å². The van der Waals surface area contributed by atoms with Crippen molar-refractivity contribution in [3.8, 4) is 0 Å². The molecule has 0 heterocycles. The number of aryl methyl sites for hydroxylation is 1. The van der Waals surface area contributed by atoms with Gasteiger partial charge in [0.15, 0.2) is 0 Å². The van der Waals surface area contributed by atoms with Crippen LogP contribution in [-0.4, -0.2) is 19.1 Å². The van der Waals surface area contributed by atoms with E-state index in [1.807, 2.05) is 12.9 Å². The van der Waals surface area contributed by atoms with Crippen LogP contribution in [0.4, 0.5) is 26.3 Å². The molecule has 0 unspecified atom stereocenters. The average Bonchev–Trinajstić information content (AvgIpc) is 2.71. The first-order valence-electron chi connectivity index (χ1n) is 9.49. The summed E-state index contributed by atoms with van der Waals surface area (Å²) >= 11 is 0. The summed E-state index contributed by atoms with van der Waals surface area (Å²) in [6.45, 7) is 9.50. The van der Waals surface area contributed by atoms with Crippen molar-refractivity contribution in [1.82, 2.24) is 0 Å². The van der Waals surface area contributed by atoms with Crippen LogP contribution < -0.4 is 0 Å². The molecular weight excluding hydrogens is 406 g/mol. The van der Waals surface area contributed by atoms with Crippen molar-refractivity contribution in [3.63, 3.8) is 0 Å². The first-order valence-corrected chi connectivity index (χ1v) is 9.49. The van der Waals surface area contributed by atoms with Gasteiger partial charge < -0.3 is 4.79 Å². The first-order chi connectivity index (χ1) is 14.0. The van der Waals surface area contributed by atoms with Crippen LogP contribution in [0.2, 0.25) is 0 Å². The van der Waals surface area contributed by atoms with Gasteiger partial charge in [-0.3, -0.25) is 0 Å². The van der Waals surface area contributed by atoms with E-state index in [-0.39, 0.29) is 0 Å². The highest BCUT2D eigenvalue weighted by molar-refractivity contribution is 5.15. The van der Waals surface area contributed by atoms with E-state index < -0.39 is 25.2 Å². The fraction of sp³-hybridized carbons (Fsp3) is 0.435. The van der Waals surface area contributed by atoms with E-state index in [9.17, 15) is 26.3 Å². The van der Waals surface area contributed by atoms with Gasteiger partial charge in [0, 0.05) is 6.42 Å². The lowest BCUT2D eigenvalue weighted by molar-refractivity contribution is -0.130. The highest BCUT2D eigenvalue weighted by Gasteiger charge is 2.27. The molecule has 0 aliphatic heterocycles. The van der Waals surface area contributed by atoms with Crippen LogP contribution in [0.1, 0.15) is 51.7 Å². The smallest absolute Gasteiger partial charge is 0.307 e. The molecular formula is C23H32F6O. The third kappa shape index (κ3) is 27.9.